The van der Waals surface area contributed by atoms with Crippen LogP contribution in [0.5, 0.6) is 11.5 Å². The summed E-state index contributed by atoms with van der Waals surface area (Å²) in [5.41, 5.74) is 0.683. The van der Waals surface area contributed by atoms with E-state index in [0.29, 0.717) is 31.0 Å². The normalized spacial score (nSPS) is 17.3. The molecule has 1 aliphatic heterocycles. The Kier molecular flexibility index (Phi) is 8.87. The number of aliphatic hydroxyl groups is 1. The maximum Gasteiger partial charge on any atom is 0.295 e. The van der Waals surface area contributed by atoms with E-state index in [1.165, 1.54) is 24.1 Å². The van der Waals surface area contributed by atoms with Gasteiger partial charge in [0, 0.05) is 18.7 Å². The number of aliphatic hydroxyl groups excluding tert-OH is 1. The number of Topliss-reactive ketones (excluding diaryl/α,β-unsaturated/α-hetero) is 1. The van der Waals surface area contributed by atoms with Gasteiger partial charge >= 0.3 is 0 Å². The van der Waals surface area contributed by atoms with Crippen molar-refractivity contribution < 1.29 is 28.6 Å². The molecule has 1 N–H and O–H groups in total. The van der Waals surface area contributed by atoms with Crippen molar-refractivity contribution in [1.29, 1.82) is 0 Å². The molecule has 0 aromatic heterocycles. The number of nitrogens with zero attached hydrogens (tertiary/aromatic N) is 2. The van der Waals surface area contributed by atoms with Crippen LogP contribution in [0.25, 0.3) is 5.76 Å². The number of hydrogen-bond acceptors (Lipinski definition) is 6. The summed E-state index contributed by atoms with van der Waals surface area (Å²) < 4.78 is 25.0. The number of hydrogen-bond donors (Lipinski definition) is 1. The van der Waals surface area contributed by atoms with Crippen molar-refractivity contribution in [3.05, 3.63) is 65.0 Å². The summed E-state index contributed by atoms with van der Waals surface area (Å²) >= 11 is 0. The summed E-state index contributed by atoms with van der Waals surface area (Å²) in [4.78, 5) is 29.9. The van der Waals surface area contributed by atoms with E-state index in [9.17, 15) is 19.1 Å². The molecule has 0 radical (unpaired) electrons. The quantitative estimate of drug-likeness (QED) is 0.290. The summed E-state index contributed by atoms with van der Waals surface area (Å²) in [6.07, 6.45) is 0.867. The minimum absolute atomic E-state index is 0.0143. The number of carbonyl (C=O) groups is 2. The first-order valence-electron chi connectivity index (χ1n) is 11.9. The molecule has 1 amide bonds. The van der Waals surface area contributed by atoms with Crippen molar-refractivity contribution >= 4 is 17.4 Å². The third-order valence-electron chi connectivity index (χ3n) is 6.19. The first-order valence-corrected chi connectivity index (χ1v) is 11.9. The van der Waals surface area contributed by atoms with Gasteiger partial charge in [-0.1, -0.05) is 32.9 Å². The number of halogens is 1. The number of ketones is 1. The van der Waals surface area contributed by atoms with Crippen LogP contribution in [-0.4, -0.2) is 66.5 Å². The zero-order valence-electron chi connectivity index (χ0n) is 20.7. The fourth-order valence-corrected chi connectivity index (χ4v) is 4.18. The zero-order chi connectivity index (χ0) is 25.5. The Morgan fingerprint density at radius 1 is 1.09 bits per heavy atom. The summed E-state index contributed by atoms with van der Waals surface area (Å²) in [6.45, 7) is 9.14. The molecule has 188 valence electrons. The van der Waals surface area contributed by atoms with Crippen LogP contribution in [0, 0.1) is 5.82 Å². The first-order chi connectivity index (χ1) is 16.9. The molecule has 0 bridgehead atoms. The van der Waals surface area contributed by atoms with Crippen LogP contribution in [0.3, 0.4) is 0 Å². The summed E-state index contributed by atoms with van der Waals surface area (Å²) in [7, 11) is 1.34. The second-order valence-corrected chi connectivity index (χ2v) is 8.29. The van der Waals surface area contributed by atoms with Crippen molar-refractivity contribution in [1.82, 2.24) is 9.80 Å². The summed E-state index contributed by atoms with van der Waals surface area (Å²) in [5.74, 6) is -1.90. The zero-order valence-corrected chi connectivity index (χ0v) is 20.7. The Hall–Kier alpha value is -3.39. The lowest BCUT2D eigenvalue weighted by Gasteiger charge is -2.28. The second-order valence-electron chi connectivity index (χ2n) is 8.29. The number of benzene rings is 2. The van der Waals surface area contributed by atoms with Crippen LogP contribution >= 0.6 is 0 Å². The van der Waals surface area contributed by atoms with E-state index >= 15 is 0 Å². The van der Waals surface area contributed by atoms with Gasteiger partial charge in [0.25, 0.3) is 11.7 Å². The molecule has 35 heavy (non-hydrogen) atoms. The number of likely N-dealkylation sites (N-methyl/N-ethyl adjacent to an activating group) is 1. The van der Waals surface area contributed by atoms with E-state index in [4.69, 9.17) is 9.47 Å². The molecule has 1 atom stereocenters. The number of likely N-dealkylation sites (tertiary alicyclic amines) is 1. The smallest absolute Gasteiger partial charge is 0.295 e. The largest absolute Gasteiger partial charge is 0.507 e. The van der Waals surface area contributed by atoms with Crippen LogP contribution in [0.2, 0.25) is 0 Å². The average molecular weight is 485 g/mol. The Morgan fingerprint density at radius 2 is 1.77 bits per heavy atom. The van der Waals surface area contributed by atoms with Crippen LogP contribution in [0.1, 0.15) is 44.4 Å². The van der Waals surface area contributed by atoms with Crippen molar-refractivity contribution in [2.45, 2.75) is 33.2 Å². The van der Waals surface area contributed by atoms with Gasteiger partial charge < -0.3 is 24.4 Å². The highest BCUT2D eigenvalue weighted by Crippen LogP contribution is 2.40. The van der Waals surface area contributed by atoms with E-state index in [-0.39, 0.29) is 16.9 Å². The van der Waals surface area contributed by atoms with Gasteiger partial charge in [-0.15, -0.1) is 0 Å². The minimum atomic E-state index is -0.809. The lowest BCUT2D eigenvalue weighted by Crippen LogP contribution is -2.38. The molecule has 1 aliphatic rings. The van der Waals surface area contributed by atoms with Gasteiger partial charge in [-0.05, 0) is 55.4 Å². The lowest BCUT2D eigenvalue weighted by atomic mass is 9.95. The molecule has 2 aromatic carbocycles. The molecule has 1 saturated heterocycles. The van der Waals surface area contributed by atoms with E-state index in [0.717, 1.165) is 25.6 Å². The number of ether oxygens (including phenoxy) is 2. The van der Waals surface area contributed by atoms with Crippen LogP contribution in [0.4, 0.5) is 4.39 Å². The van der Waals surface area contributed by atoms with E-state index in [1.54, 1.807) is 24.3 Å². The van der Waals surface area contributed by atoms with E-state index in [1.807, 2.05) is 20.8 Å². The number of rotatable bonds is 11. The van der Waals surface area contributed by atoms with Gasteiger partial charge in [-0.25, -0.2) is 4.39 Å². The minimum Gasteiger partial charge on any atom is -0.507 e. The molecular weight excluding hydrogens is 451 g/mol. The molecule has 0 saturated carbocycles. The molecule has 1 unspecified atom stereocenters. The third kappa shape index (κ3) is 5.65. The summed E-state index contributed by atoms with van der Waals surface area (Å²) in [5, 5.41) is 11.1. The highest BCUT2D eigenvalue weighted by atomic mass is 19.1. The van der Waals surface area contributed by atoms with Crippen LogP contribution in [-0.2, 0) is 9.59 Å². The fraction of sp³-hybridized carbons (Fsp3) is 0.407. The Labute approximate surface area is 205 Å². The predicted molar refractivity (Wildman–Crippen MR) is 132 cm³/mol. The van der Waals surface area contributed by atoms with Crippen molar-refractivity contribution in [2.24, 2.45) is 0 Å². The standard InChI is InChI=1S/C27H33FN2O5/c1-5-16-35-20-11-8-18(9-12-20)24-23(25(31)19-10-13-22(34-4)21(28)17-19)26(32)27(33)30(24)15-14-29(6-2)7-3/h8-13,17,24,31H,5-7,14-16H2,1-4H3/b25-23+. The highest BCUT2D eigenvalue weighted by Gasteiger charge is 2.46. The Bertz CT molecular complexity index is 1080. The maximum absolute atomic E-state index is 14.4. The average Bonchev–Trinajstić information content (AvgIpc) is 3.12. The number of carbonyl (C=O) groups excluding carboxylic acids is 2. The van der Waals surface area contributed by atoms with Gasteiger partial charge in [-0.2, -0.15) is 0 Å². The molecule has 8 heteroatoms. The maximum atomic E-state index is 14.4. The lowest BCUT2D eigenvalue weighted by molar-refractivity contribution is -0.140. The highest BCUT2D eigenvalue weighted by molar-refractivity contribution is 6.46. The fourth-order valence-electron chi connectivity index (χ4n) is 4.18. The van der Waals surface area contributed by atoms with Crippen LogP contribution < -0.4 is 9.47 Å². The summed E-state index contributed by atoms with van der Waals surface area (Å²) in [6, 6.07) is 10.2. The van der Waals surface area contributed by atoms with Gasteiger partial charge in [-0.3, -0.25) is 9.59 Å². The van der Waals surface area contributed by atoms with Crippen molar-refractivity contribution in [3.8, 4) is 11.5 Å². The topological polar surface area (TPSA) is 79.3 Å². The van der Waals surface area contributed by atoms with Crippen LogP contribution in [0.15, 0.2) is 48.0 Å². The SMILES string of the molecule is CCCOc1ccc(C2/C(=C(\O)c3ccc(OC)c(F)c3)C(=O)C(=O)N2CCN(CC)CC)cc1. The van der Waals surface area contributed by atoms with Gasteiger partial charge in [0.1, 0.15) is 11.5 Å². The monoisotopic (exact) mass is 484 g/mol. The molecule has 1 heterocycles. The van der Waals surface area contributed by atoms with Crippen molar-refractivity contribution in [2.75, 3.05) is 39.9 Å². The third-order valence-corrected chi connectivity index (χ3v) is 6.19. The molecule has 7 nitrogen and oxygen atoms in total. The number of amides is 1. The molecule has 0 aliphatic carbocycles. The van der Waals surface area contributed by atoms with Gasteiger partial charge in [0.05, 0.1) is 25.3 Å². The van der Waals surface area contributed by atoms with Gasteiger partial charge in [0.2, 0.25) is 0 Å². The van der Waals surface area contributed by atoms with Gasteiger partial charge in [0.15, 0.2) is 11.6 Å². The van der Waals surface area contributed by atoms with Crippen molar-refractivity contribution in [3.63, 3.8) is 0 Å². The first kappa shape index (κ1) is 26.2. The Morgan fingerprint density at radius 3 is 2.34 bits per heavy atom. The molecule has 1 fully saturated rings. The van der Waals surface area contributed by atoms with E-state index < -0.39 is 29.3 Å². The number of methoxy groups -OCH3 is 1. The Balaban J connectivity index is 2.07. The molecule has 2 aromatic rings. The second kappa shape index (κ2) is 11.8. The molecular formula is C27H33FN2O5. The predicted octanol–water partition coefficient (Wildman–Crippen LogP) is 4.39. The van der Waals surface area contributed by atoms with E-state index in [2.05, 4.69) is 4.90 Å². The molecule has 0 spiro atoms. The molecule has 3 rings (SSSR count).